The summed E-state index contributed by atoms with van der Waals surface area (Å²) in [7, 11) is 0. The standard InChI is InChI=1S/C16H24N2OS/c1-3-4-5-6-7-11-14(19)18-13-10-8-9-12(2)15(13)16(17)20/h8-10H,3-7,11H2,1-2H3,(H2,17,20)(H,18,19). The van der Waals surface area contributed by atoms with Crippen molar-refractivity contribution < 1.29 is 4.79 Å². The van der Waals surface area contributed by atoms with Crippen LogP contribution in [0.2, 0.25) is 0 Å². The third-order valence-electron chi connectivity index (χ3n) is 3.30. The van der Waals surface area contributed by atoms with Gasteiger partial charge in [-0.25, -0.2) is 0 Å². The molecule has 0 aromatic heterocycles. The second-order valence-corrected chi connectivity index (χ2v) is 5.51. The monoisotopic (exact) mass is 292 g/mol. The molecule has 110 valence electrons. The van der Waals surface area contributed by atoms with Gasteiger partial charge in [0.05, 0.1) is 5.69 Å². The Bertz CT molecular complexity index is 472. The van der Waals surface area contributed by atoms with Crippen LogP contribution in [-0.2, 0) is 4.79 Å². The number of benzene rings is 1. The SMILES string of the molecule is CCCCCCCC(=O)Nc1cccc(C)c1C(N)=S. The van der Waals surface area contributed by atoms with E-state index in [9.17, 15) is 4.79 Å². The van der Waals surface area contributed by atoms with Gasteiger partial charge in [0.1, 0.15) is 4.99 Å². The van der Waals surface area contributed by atoms with E-state index in [1.54, 1.807) is 0 Å². The highest BCUT2D eigenvalue weighted by Gasteiger charge is 2.10. The largest absolute Gasteiger partial charge is 0.389 e. The predicted octanol–water partition coefficient (Wildman–Crippen LogP) is 3.93. The molecule has 0 aliphatic carbocycles. The fourth-order valence-electron chi connectivity index (χ4n) is 2.20. The van der Waals surface area contributed by atoms with Gasteiger partial charge in [0.15, 0.2) is 0 Å². The van der Waals surface area contributed by atoms with E-state index in [4.69, 9.17) is 18.0 Å². The van der Waals surface area contributed by atoms with E-state index in [0.29, 0.717) is 11.4 Å². The minimum atomic E-state index is 0.0320. The van der Waals surface area contributed by atoms with Crippen molar-refractivity contribution >= 4 is 28.8 Å². The molecule has 0 aliphatic heterocycles. The van der Waals surface area contributed by atoms with Crippen molar-refractivity contribution in [2.45, 2.75) is 52.4 Å². The smallest absolute Gasteiger partial charge is 0.224 e. The third-order valence-corrected chi connectivity index (χ3v) is 3.50. The maximum Gasteiger partial charge on any atom is 0.224 e. The molecule has 1 aromatic rings. The lowest BCUT2D eigenvalue weighted by molar-refractivity contribution is -0.116. The molecule has 1 amide bonds. The van der Waals surface area contributed by atoms with Crippen LogP contribution in [0.5, 0.6) is 0 Å². The number of unbranched alkanes of at least 4 members (excludes halogenated alkanes) is 4. The summed E-state index contributed by atoms with van der Waals surface area (Å²) < 4.78 is 0. The Labute approximate surface area is 126 Å². The van der Waals surface area contributed by atoms with Gasteiger partial charge >= 0.3 is 0 Å². The fraction of sp³-hybridized carbons (Fsp3) is 0.500. The summed E-state index contributed by atoms with van der Waals surface area (Å²) in [4.78, 5) is 12.3. The molecule has 0 spiro atoms. The van der Waals surface area contributed by atoms with Gasteiger partial charge in [-0.2, -0.15) is 0 Å². The van der Waals surface area contributed by atoms with Crippen molar-refractivity contribution in [3.63, 3.8) is 0 Å². The molecule has 4 heteroatoms. The van der Waals surface area contributed by atoms with Crippen LogP contribution in [-0.4, -0.2) is 10.9 Å². The number of rotatable bonds is 8. The molecule has 0 radical (unpaired) electrons. The van der Waals surface area contributed by atoms with Crippen LogP contribution in [0.1, 0.15) is 56.6 Å². The second kappa shape index (κ2) is 8.69. The summed E-state index contributed by atoms with van der Waals surface area (Å²) in [5, 5.41) is 2.92. The number of thiocarbonyl (C=S) groups is 1. The van der Waals surface area contributed by atoms with Gasteiger partial charge in [0, 0.05) is 12.0 Å². The maximum absolute atomic E-state index is 11.9. The molecule has 1 aromatic carbocycles. The topological polar surface area (TPSA) is 55.1 Å². The van der Waals surface area contributed by atoms with Gasteiger partial charge in [-0.3, -0.25) is 4.79 Å². The van der Waals surface area contributed by atoms with Gasteiger partial charge in [-0.1, -0.05) is 57.0 Å². The number of anilines is 1. The fourth-order valence-corrected chi connectivity index (χ4v) is 2.47. The molecule has 0 saturated heterocycles. The van der Waals surface area contributed by atoms with Crippen molar-refractivity contribution in [1.82, 2.24) is 0 Å². The highest BCUT2D eigenvalue weighted by Crippen LogP contribution is 2.20. The Hall–Kier alpha value is -1.42. The van der Waals surface area contributed by atoms with Crippen LogP contribution in [0.4, 0.5) is 5.69 Å². The molecule has 0 heterocycles. The number of hydrogen-bond acceptors (Lipinski definition) is 2. The van der Waals surface area contributed by atoms with E-state index in [2.05, 4.69) is 12.2 Å². The molecule has 0 saturated carbocycles. The Morgan fingerprint density at radius 3 is 2.60 bits per heavy atom. The first-order chi connectivity index (χ1) is 9.56. The number of nitrogens with two attached hydrogens (primary N) is 1. The summed E-state index contributed by atoms with van der Waals surface area (Å²) >= 11 is 5.05. The van der Waals surface area contributed by atoms with Crippen molar-refractivity contribution in [2.75, 3.05) is 5.32 Å². The minimum absolute atomic E-state index is 0.0320. The summed E-state index contributed by atoms with van der Waals surface area (Å²) in [5.74, 6) is 0.0320. The van der Waals surface area contributed by atoms with Crippen molar-refractivity contribution in [1.29, 1.82) is 0 Å². The van der Waals surface area contributed by atoms with E-state index < -0.39 is 0 Å². The molecular formula is C16H24N2OS. The zero-order valence-corrected chi connectivity index (χ0v) is 13.2. The summed E-state index contributed by atoms with van der Waals surface area (Å²) in [6, 6.07) is 5.68. The minimum Gasteiger partial charge on any atom is -0.389 e. The molecule has 0 aliphatic rings. The predicted molar refractivity (Wildman–Crippen MR) is 89.1 cm³/mol. The average molecular weight is 292 g/mol. The molecule has 3 nitrogen and oxygen atoms in total. The number of nitrogens with one attached hydrogen (secondary N) is 1. The average Bonchev–Trinajstić information content (AvgIpc) is 2.38. The maximum atomic E-state index is 11.9. The first kappa shape index (κ1) is 16.6. The first-order valence-electron chi connectivity index (χ1n) is 7.25. The van der Waals surface area contributed by atoms with E-state index in [1.807, 2.05) is 25.1 Å². The van der Waals surface area contributed by atoms with Gasteiger partial charge in [0.25, 0.3) is 0 Å². The highest BCUT2D eigenvalue weighted by molar-refractivity contribution is 7.80. The quantitative estimate of drug-likeness (QED) is 0.564. The molecular weight excluding hydrogens is 268 g/mol. The Kier molecular flexibility index (Phi) is 7.23. The Balaban J connectivity index is 2.54. The molecule has 20 heavy (non-hydrogen) atoms. The van der Waals surface area contributed by atoms with Crippen molar-refractivity contribution in [3.8, 4) is 0 Å². The number of amides is 1. The molecule has 3 N–H and O–H groups in total. The lowest BCUT2D eigenvalue weighted by Crippen LogP contribution is -2.18. The zero-order valence-electron chi connectivity index (χ0n) is 12.4. The molecule has 0 fully saturated rings. The van der Waals surface area contributed by atoms with Gasteiger partial charge in [-0.15, -0.1) is 0 Å². The van der Waals surface area contributed by atoms with Gasteiger partial charge in [-0.05, 0) is 25.0 Å². The van der Waals surface area contributed by atoms with Crippen molar-refractivity contribution in [3.05, 3.63) is 29.3 Å². The zero-order chi connectivity index (χ0) is 15.0. The normalized spacial score (nSPS) is 10.3. The number of carbonyl (C=O) groups excluding carboxylic acids is 1. The van der Waals surface area contributed by atoms with E-state index >= 15 is 0 Å². The number of carbonyl (C=O) groups is 1. The number of hydrogen-bond donors (Lipinski definition) is 2. The first-order valence-corrected chi connectivity index (χ1v) is 7.66. The second-order valence-electron chi connectivity index (χ2n) is 5.07. The van der Waals surface area contributed by atoms with E-state index in [1.165, 1.54) is 19.3 Å². The van der Waals surface area contributed by atoms with Crippen LogP contribution in [0.25, 0.3) is 0 Å². The molecule has 0 bridgehead atoms. The Morgan fingerprint density at radius 2 is 1.95 bits per heavy atom. The van der Waals surface area contributed by atoms with Crippen LogP contribution < -0.4 is 11.1 Å². The third kappa shape index (κ3) is 5.29. The highest BCUT2D eigenvalue weighted by atomic mass is 32.1. The van der Waals surface area contributed by atoms with Crippen LogP contribution in [0.15, 0.2) is 18.2 Å². The van der Waals surface area contributed by atoms with Gasteiger partial charge < -0.3 is 11.1 Å². The van der Waals surface area contributed by atoms with Gasteiger partial charge in [0.2, 0.25) is 5.91 Å². The van der Waals surface area contributed by atoms with Crippen molar-refractivity contribution in [2.24, 2.45) is 5.73 Å². The van der Waals surface area contributed by atoms with Crippen LogP contribution >= 0.6 is 12.2 Å². The van der Waals surface area contributed by atoms with E-state index in [-0.39, 0.29) is 5.91 Å². The summed E-state index contributed by atoms with van der Waals surface area (Å²) in [5.41, 5.74) is 8.19. The Morgan fingerprint density at radius 1 is 1.25 bits per heavy atom. The van der Waals surface area contributed by atoms with Crippen LogP contribution in [0, 0.1) is 6.92 Å². The molecule has 0 unspecified atom stereocenters. The molecule has 0 atom stereocenters. The summed E-state index contributed by atoms with van der Waals surface area (Å²) in [6.45, 7) is 4.12. The summed E-state index contributed by atoms with van der Waals surface area (Å²) in [6.07, 6.45) is 6.25. The number of aryl methyl sites for hydroxylation is 1. The molecule has 1 rings (SSSR count). The van der Waals surface area contributed by atoms with Crippen LogP contribution in [0.3, 0.4) is 0 Å². The lowest BCUT2D eigenvalue weighted by Gasteiger charge is -2.12. The lowest BCUT2D eigenvalue weighted by atomic mass is 10.1. The van der Waals surface area contributed by atoms with E-state index in [0.717, 1.165) is 29.7 Å².